The van der Waals surface area contributed by atoms with Gasteiger partial charge in [0.25, 0.3) is 0 Å². The molecule has 6 heteroatoms. The van der Waals surface area contributed by atoms with Crippen molar-refractivity contribution in [3.63, 3.8) is 0 Å². The van der Waals surface area contributed by atoms with Crippen molar-refractivity contribution in [2.45, 2.75) is 12.8 Å². The Bertz CT molecular complexity index is 939. The van der Waals surface area contributed by atoms with Crippen LogP contribution in [-0.2, 0) is 4.79 Å². The predicted molar refractivity (Wildman–Crippen MR) is 101 cm³/mol. The Hall–Kier alpha value is -2.89. The van der Waals surface area contributed by atoms with Gasteiger partial charge in [-0.2, -0.15) is 0 Å². The molecule has 1 N–H and O–H groups in total. The van der Waals surface area contributed by atoms with E-state index in [-0.39, 0.29) is 0 Å². The van der Waals surface area contributed by atoms with Crippen LogP contribution in [0.3, 0.4) is 0 Å². The number of pyridine rings is 2. The van der Waals surface area contributed by atoms with Crippen LogP contribution in [0.25, 0.3) is 22.3 Å². The molecule has 0 unspecified atom stereocenters. The monoisotopic (exact) mass is 347 g/mol. The number of fused-ring (bicyclic) bond motifs is 1. The standard InChI is InChI=1S/C20H21N5O/c26-20(14-3-4-14)25-10-8-24(9-11-25)18-5-7-22-19-16(18)12-17(23-19)15-2-1-6-21-13-15/h1-2,5-7,12-14H,3-4,8-11H2,(H,22,23). The molecular weight excluding hydrogens is 326 g/mol. The predicted octanol–water partition coefficient (Wildman–Crippen LogP) is 2.68. The highest BCUT2D eigenvalue weighted by Crippen LogP contribution is 2.33. The van der Waals surface area contributed by atoms with E-state index in [1.807, 2.05) is 29.4 Å². The number of piperazine rings is 1. The third-order valence-electron chi connectivity index (χ3n) is 5.34. The smallest absolute Gasteiger partial charge is 0.225 e. The van der Waals surface area contributed by atoms with Crippen LogP contribution in [0.5, 0.6) is 0 Å². The van der Waals surface area contributed by atoms with Crippen molar-refractivity contribution >= 4 is 22.6 Å². The highest BCUT2D eigenvalue weighted by atomic mass is 16.2. The molecule has 132 valence electrons. The number of nitrogens with one attached hydrogen (secondary N) is 1. The van der Waals surface area contributed by atoms with Gasteiger partial charge in [-0.3, -0.25) is 9.78 Å². The Morgan fingerprint density at radius 2 is 1.96 bits per heavy atom. The minimum atomic E-state index is 0.306. The molecule has 1 saturated carbocycles. The van der Waals surface area contributed by atoms with Gasteiger partial charge in [0.15, 0.2) is 0 Å². The van der Waals surface area contributed by atoms with E-state index >= 15 is 0 Å². The van der Waals surface area contributed by atoms with Crippen molar-refractivity contribution in [3.8, 4) is 11.3 Å². The molecule has 3 aromatic rings. The van der Waals surface area contributed by atoms with Crippen molar-refractivity contribution in [1.82, 2.24) is 19.9 Å². The third kappa shape index (κ3) is 2.71. The highest BCUT2D eigenvalue weighted by Gasteiger charge is 2.34. The number of carbonyl (C=O) groups is 1. The van der Waals surface area contributed by atoms with Gasteiger partial charge in [-0.15, -0.1) is 0 Å². The SMILES string of the molecule is O=C(C1CC1)N1CCN(c2ccnc3[nH]c(-c4cccnc4)cc23)CC1. The minimum Gasteiger partial charge on any atom is -0.367 e. The van der Waals surface area contributed by atoms with Crippen LogP contribution >= 0.6 is 0 Å². The van der Waals surface area contributed by atoms with E-state index < -0.39 is 0 Å². The molecule has 5 rings (SSSR count). The number of hydrogen-bond donors (Lipinski definition) is 1. The van der Waals surface area contributed by atoms with Gasteiger partial charge < -0.3 is 14.8 Å². The van der Waals surface area contributed by atoms with Gasteiger partial charge >= 0.3 is 0 Å². The molecule has 0 atom stereocenters. The second-order valence-corrected chi connectivity index (χ2v) is 7.10. The lowest BCUT2D eigenvalue weighted by molar-refractivity contribution is -0.132. The summed E-state index contributed by atoms with van der Waals surface area (Å²) in [6.07, 6.45) is 7.63. The first-order valence-electron chi connectivity index (χ1n) is 9.21. The molecular formula is C20H21N5O. The zero-order chi connectivity index (χ0) is 17.5. The minimum absolute atomic E-state index is 0.306. The van der Waals surface area contributed by atoms with Crippen molar-refractivity contribution in [2.75, 3.05) is 31.1 Å². The van der Waals surface area contributed by atoms with Crippen LogP contribution < -0.4 is 4.90 Å². The lowest BCUT2D eigenvalue weighted by atomic mass is 10.1. The highest BCUT2D eigenvalue weighted by molar-refractivity contribution is 5.94. The van der Waals surface area contributed by atoms with Crippen molar-refractivity contribution < 1.29 is 4.79 Å². The molecule has 3 aromatic heterocycles. The number of H-pyrrole nitrogens is 1. The molecule has 6 nitrogen and oxygen atoms in total. The fraction of sp³-hybridized carbons (Fsp3) is 0.350. The third-order valence-corrected chi connectivity index (χ3v) is 5.34. The number of amides is 1. The molecule has 2 aliphatic rings. The molecule has 2 fully saturated rings. The number of hydrogen-bond acceptors (Lipinski definition) is 4. The summed E-state index contributed by atoms with van der Waals surface area (Å²) in [7, 11) is 0. The van der Waals surface area contributed by atoms with E-state index in [0.29, 0.717) is 11.8 Å². The Morgan fingerprint density at radius 3 is 2.69 bits per heavy atom. The maximum absolute atomic E-state index is 12.3. The average Bonchev–Trinajstić information content (AvgIpc) is 3.46. The van der Waals surface area contributed by atoms with Crippen LogP contribution in [0.4, 0.5) is 5.69 Å². The molecule has 0 radical (unpaired) electrons. The Kier molecular flexibility index (Phi) is 3.62. The fourth-order valence-electron chi connectivity index (χ4n) is 3.72. The van der Waals surface area contributed by atoms with Crippen molar-refractivity contribution in [2.24, 2.45) is 5.92 Å². The van der Waals surface area contributed by atoms with Gasteiger partial charge in [0.2, 0.25) is 5.91 Å². The molecule has 0 bridgehead atoms. The number of anilines is 1. The second kappa shape index (κ2) is 6.12. The Labute approximate surface area is 151 Å². The summed E-state index contributed by atoms with van der Waals surface area (Å²) in [5.74, 6) is 0.658. The van der Waals surface area contributed by atoms with Crippen LogP contribution in [0.1, 0.15) is 12.8 Å². The Balaban J connectivity index is 1.41. The van der Waals surface area contributed by atoms with Crippen LogP contribution in [0.15, 0.2) is 42.9 Å². The van der Waals surface area contributed by atoms with Crippen molar-refractivity contribution in [1.29, 1.82) is 0 Å². The number of carbonyl (C=O) groups excluding carboxylic acids is 1. The number of aromatic amines is 1. The maximum Gasteiger partial charge on any atom is 0.225 e. The first kappa shape index (κ1) is 15.4. The molecule has 26 heavy (non-hydrogen) atoms. The van der Waals surface area contributed by atoms with Gasteiger partial charge in [0.05, 0.1) is 0 Å². The van der Waals surface area contributed by atoms with Gasteiger partial charge in [-0.25, -0.2) is 4.98 Å². The van der Waals surface area contributed by atoms with Crippen LogP contribution in [0.2, 0.25) is 0 Å². The summed E-state index contributed by atoms with van der Waals surface area (Å²) in [6, 6.07) is 8.20. The average molecular weight is 347 g/mol. The van der Waals surface area contributed by atoms with E-state index in [4.69, 9.17) is 0 Å². The molecule has 1 saturated heterocycles. The number of rotatable bonds is 3. The van der Waals surface area contributed by atoms with E-state index in [1.54, 1.807) is 6.20 Å². The summed E-state index contributed by atoms with van der Waals surface area (Å²) < 4.78 is 0. The lowest BCUT2D eigenvalue weighted by Crippen LogP contribution is -2.49. The van der Waals surface area contributed by atoms with Crippen LogP contribution in [0, 0.1) is 5.92 Å². The fourth-order valence-corrected chi connectivity index (χ4v) is 3.72. The molecule has 0 aromatic carbocycles. The van der Waals surface area contributed by atoms with E-state index in [0.717, 1.165) is 61.3 Å². The Morgan fingerprint density at radius 1 is 1.12 bits per heavy atom. The van der Waals surface area contributed by atoms with Crippen molar-refractivity contribution in [3.05, 3.63) is 42.9 Å². The second-order valence-electron chi connectivity index (χ2n) is 7.10. The first-order valence-corrected chi connectivity index (χ1v) is 9.21. The summed E-state index contributed by atoms with van der Waals surface area (Å²) >= 11 is 0. The quantitative estimate of drug-likeness (QED) is 0.791. The van der Waals surface area contributed by atoms with Gasteiger partial charge in [-0.1, -0.05) is 0 Å². The van der Waals surface area contributed by atoms with Gasteiger partial charge in [-0.05, 0) is 37.1 Å². The first-order chi connectivity index (χ1) is 12.8. The summed E-state index contributed by atoms with van der Waals surface area (Å²) in [5.41, 5.74) is 4.14. The zero-order valence-electron chi connectivity index (χ0n) is 14.6. The van der Waals surface area contributed by atoms with Gasteiger partial charge in [0, 0.05) is 73.0 Å². The largest absolute Gasteiger partial charge is 0.367 e. The topological polar surface area (TPSA) is 65.1 Å². The van der Waals surface area contributed by atoms with E-state index in [9.17, 15) is 4.79 Å². The summed E-state index contributed by atoms with van der Waals surface area (Å²) in [5, 5.41) is 1.12. The van der Waals surface area contributed by atoms with Crippen LogP contribution in [-0.4, -0.2) is 51.9 Å². The normalized spacial score (nSPS) is 17.7. The molecule has 1 aliphatic heterocycles. The van der Waals surface area contributed by atoms with Gasteiger partial charge in [0.1, 0.15) is 5.65 Å². The zero-order valence-corrected chi connectivity index (χ0v) is 14.6. The summed E-state index contributed by atoms with van der Waals surface area (Å²) in [4.78, 5) is 28.7. The maximum atomic E-state index is 12.3. The number of aromatic nitrogens is 3. The lowest BCUT2D eigenvalue weighted by Gasteiger charge is -2.36. The summed E-state index contributed by atoms with van der Waals surface area (Å²) in [6.45, 7) is 3.34. The molecule has 1 aliphatic carbocycles. The number of nitrogens with zero attached hydrogens (tertiary/aromatic N) is 4. The van der Waals surface area contributed by atoms with E-state index in [2.05, 4.69) is 32.0 Å². The van der Waals surface area contributed by atoms with E-state index in [1.165, 1.54) is 5.69 Å². The molecule has 0 spiro atoms. The molecule has 1 amide bonds. The molecule has 4 heterocycles.